The lowest BCUT2D eigenvalue weighted by atomic mass is 9.71. The zero-order valence-electron chi connectivity index (χ0n) is 33.0. The molecule has 6 aliphatic heterocycles. The van der Waals surface area contributed by atoms with Crippen LogP contribution in [0.2, 0.25) is 5.02 Å². The van der Waals surface area contributed by atoms with Crippen LogP contribution in [-0.4, -0.2) is 109 Å². The maximum atomic E-state index is 13.4. The predicted molar refractivity (Wildman–Crippen MR) is 224 cm³/mol. The van der Waals surface area contributed by atoms with Crippen molar-refractivity contribution in [2.45, 2.75) is 57.4 Å². The quantitative estimate of drug-likeness (QED) is 0.226. The topological polar surface area (TPSA) is 143 Å². The van der Waals surface area contributed by atoms with Crippen LogP contribution < -0.4 is 25.3 Å². The van der Waals surface area contributed by atoms with Gasteiger partial charge in [-0.05, 0) is 98.7 Å². The summed E-state index contributed by atoms with van der Waals surface area (Å²) >= 11 is 6.25. The third-order valence-corrected chi connectivity index (χ3v) is 13.8. The smallest absolute Gasteiger partial charge is 0.262 e. The Hall–Kier alpha value is -5.52. The standard InChI is InChI=1S/C44H48ClN9O5/c1-46-36-6-4-32(23-35(36)45)51-18-12-29(13-19-51)40(56)48-30-2-8-38(47-24-30)53-16-10-28(11-17-53)25-50-26-44(27-50)14-20-52(21-15-44)31-3-5-33-34(22-31)43(59)54(42(33)58)37-7-9-39(55)49-41(37)57/h2-6,8,22-24,28-29,37H,7,9-21,25-27H2,(H,48,56)(H,49,55,57). The highest BCUT2D eigenvalue weighted by atomic mass is 35.5. The largest absolute Gasteiger partial charge is 0.372 e. The zero-order valence-corrected chi connectivity index (χ0v) is 33.8. The van der Waals surface area contributed by atoms with Crippen LogP contribution in [0.3, 0.4) is 0 Å². The van der Waals surface area contributed by atoms with E-state index in [1.165, 1.54) is 0 Å². The number of anilines is 4. The van der Waals surface area contributed by atoms with Gasteiger partial charge in [0.15, 0.2) is 0 Å². The number of nitrogens with zero attached hydrogens (tertiary/aromatic N) is 7. The summed E-state index contributed by atoms with van der Waals surface area (Å²) in [5, 5.41) is 5.78. The molecule has 6 aliphatic rings. The first-order valence-corrected chi connectivity index (χ1v) is 21.2. The fourth-order valence-electron chi connectivity index (χ4n) is 10.0. The van der Waals surface area contributed by atoms with E-state index in [0.29, 0.717) is 38.9 Å². The molecule has 14 nitrogen and oxygen atoms in total. The lowest BCUT2D eigenvalue weighted by Crippen LogP contribution is -2.61. The molecule has 0 saturated carbocycles. The third kappa shape index (κ3) is 7.74. The molecule has 2 aromatic carbocycles. The van der Waals surface area contributed by atoms with Gasteiger partial charge >= 0.3 is 0 Å². The van der Waals surface area contributed by atoms with Crippen LogP contribution in [0.25, 0.3) is 4.85 Å². The fourth-order valence-corrected chi connectivity index (χ4v) is 10.2. The van der Waals surface area contributed by atoms with Crippen LogP contribution in [0.4, 0.5) is 28.6 Å². The van der Waals surface area contributed by atoms with Crippen LogP contribution in [0.1, 0.15) is 72.1 Å². The van der Waals surface area contributed by atoms with E-state index in [0.717, 1.165) is 120 Å². The Balaban J connectivity index is 0.691. The number of amides is 5. The predicted octanol–water partition coefficient (Wildman–Crippen LogP) is 5.36. The average molecular weight is 818 g/mol. The molecular formula is C44H48ClN9O5. The number of nitrogens with one attached hydrogen (secondary N) is 2. The number of likely N-dealkylation sites (tertiary alicyclic amines) is 1. The summed E-state index contributed by atoms with van der Waals surface area (Å²) in [5.41, 5.74) is 4.02. The number of fused-ring (bicyclic) bond motifs is 1. The van der Waals surface area contributed by atoms with Gasteiger partial charge in [0.25, 0.3) is 11.8 Å². The van der Waals surface area contributed by atoms with E-state index < -0.39 is 23.8 Å². The number of rotatable bonds is 8. The molecule has 0 bridgehead atoms. The van der Waals surface area contributed by atoms with Crippen molar-refractivity contribution in [1.82, 2.24) is 20.1 Å². The second kappa shape index (κ2) is 15.9. The van der Waals surface area contributed by atoms with Gasteiger partial charge in [-0.25, -0.2) is 9.83 Å². The molecule has 1 atom stereocenters. The van der Waals surface area contributed by atoms with Gasteiger partial charge in [0, 0.05) is 87.6 Å². The summed E-state index contributed by atoms with van der Waals surface area (Å²) in [6, 6.07) is 13.9. The monoisotopic (exact) mass is 817 g/mol. The number of aromatic nitrogens is 1. The minimum Gasteiger partial charge on any atom is -0.372 e. The molecule has 5 fully saturated rings. The Morgan fingerprint density at radius 1 is 0.831 bits per heavy atom. The summed E-state index contributed by atoms with van der Waals surface area (Å²) < 4.78 is 0. The van der Waals surface area contributed by atoms with E-state index in [1.54, 1.807) is 24.4 Å². The minimum atomic E-state index is -0.962. The number of halogens is 1. The molecule has 306 valence electrons. The highest BCUT2D eigenvalue weighted by Crippen LogP contribution is 2.43. The number of hydrogen-bond acceptors (Lipinski definition) is 10. The van der Waals surface area contributed by atoms with Crippen molar-refractivity contribution in [1.29, 1.82) is 0 Å². The number of carbonyl (C=O) groups is 5. The maximum Gasteiger partial charge on any atom is 0.262 e. The summed E-state index contributed by atoms with van der Waals surface area (Å²) in [6.07, 6.45) is 7.88. The molecule has 1 aromatic heterocycles. The maximum absolute atomic E-state index is 13.4. The Bertz CT molecular complexity index is 2210. The number of piperidine rings is 4. The van der Waals surface area contributed by atoms with Crippen molar-refractivity contribution in [3.8, 4) is 0 Å². The van der Waals surface area contributed by atoms with E-state index in [-0.39, 0.29) is 30.6 Å². The van der Waals surface area contributed by atoms with Crippen LogP contribution >= 0.6 is 11.6 Å². The highest BCUT2D eigenvalue weighted by molar-refractivity contribution is 6.33. The Labute approximate surface area is 348 Å². The fraction of sp³-hybridized carbons (Fsp3) is 0.477. The van der Waals surface area contributed by atoms with Crippen molar-refractivity contribution in [3.05, 3.63) is 82.3 Å². The summed E-state index contributed by atoms with van der Waals surface area (Å²) in [7, 11) is 0. The van der Waals surface area contributed by atoms with Crippen molar-refractivity contribution in [2.75, 3.05) is 78.9 Å². The first-order chi connectivity index (χ1) is 28.6. The summed E-state index contributed by atoms with van der Waals surface area (Å²) in [6.45, 7) is 15.7. The van der Waals surface area contributed by atoms with E-state index in [4.69, 9.17) is 23.2 Å². The lowest BCUT2D eigenvalue weighted by molar-refractivity contribution is -0.136. The Morgan fingerprint density at radius 3 is 2.19 bits per heavy atom. The minimum absolute atomic E-state index is 0.0248. The van der Waals surface area contributed by atoms with Gasteiger partial charge in [-0.3, -0.25) is 34.2 Å². The van der Waals surface area contributed by atoms with Crippen LogP contribution in [0.15, 0.2) is 54.7 Å². The number of benzene rings is 2. The van der Waals surface area contributed by atoms with E-state index in [9.17, 15) is 24.0 Å². The van der Waals surface area contributed by atoms with Crippen molar-refractivity contribution in [2.24, 2.45) is 17.3 Å². The first kappa shape index (κ1) is 39.0. The Morgan fingerprint density at radius 2 is 1.51 bits per heavy atom. The molecule has 1 spiro atoms. The lowest BCUT2D eigenvalue weighted by Gasteiger charge is -2.55. The normalized spacial score (nSPS) is 22.6. The SMILES string of the molecule is [C-]#[N+]c1ccc(N2CCC(C(=O)Nc3ccc(N4CCC(CN5CC6(CCN(c7ccc8c(c7)C(=O)N(C7CCC(=O)NC7=O)C8=O)CC6)C5)CC4)nc3)CC2)cc1Cl. The molecule has 9 rings (SSSR count). The second-order valence-corrected chi connectivity index (χ2v) is 17.6. The van der Waals surface area contributed by atoms with Gasteiger partial charge in [-0.1, -0.05) is 17.7 Å². The molecular weight excluding hydrogens is 770 g/mol. The molecule has 59 heavy (non-hydrogen) atoms. The van der Waals surface area contributed by atoms with Crippen LogP contribution in [-0.2, 0) is 14.4 Å². The van der Waals surface area contributed by atoms with Crippen LogP contribution in [0, 0.1) is 23.8 Å². The molecule has 5 amide bonds. The molecule has 1 unspecified atom stereocenters. The van der Waals surface area contributed by atoms with Gasteiger partial charge < -0.3 is 24.9 Å². The van der Waals surface area contributed by atoms with Gasteiger partial charge in [0.1, 0.15) is 11.9 Å². The molecule has 5 saturated heterocycles. The van der Waals surface area contributed by atoms with Crippen molar-refractivity contribution in [3.63, 3.8) is 0 Å². The van der Waals surface area contributed by atoms with Gasteiger partial charge in [0.05, 0.1) is 29.6 Å². The molecule has 0 radical (unpaired) electrons. The van der Waals surface area contributed by atoms with E-state index >= 15 is 0 Å². The number of imide groups is 2. The van der Waals surface area contributed by atoms with Crippen LogP contribution in [0.5, 0.6) is 0 Å². The number of pyridine rings is 1. The average Bonchev–Trinajstić information content (AvgIpc) is 3.48. The molecule has 2 N–H and O–H groups in total. The van der Waals surface area contributed by atoms with E-state index in [1.807, 2.05) is 30.3 Å². The Kier molecular flexibility index (Phi) is 10.5. The molecule has 0 aliphatic carbocycles. The molecule has 15 heteroatoms. The molecule has 3 aromatic rings. The molecule has 7 heterocycles. The summed E-state index contributed by atoms with van der Waals surface area (Å²) in [4.78, 5) is 82.3. The first-order valence-electron chi connectivity index (χ1n) is 20.8. The number of carbonyl (C=O) groups excluding carboxylic acids is 5. The summed E-state index contributed by atoms with van der Waals surface area (Å²) in [5.74, 6) is -0.383. The third-order valence-electron chi connectivity index (χ3n) is 13.5. The van der Waals surface area contributed by atoms with Crippen molar-refractivity contribution >= 4 is 69.7 Å². The second-order valence-electron chi connectivity index (χ2n) is 17.2. The van der Waals surface area contributed by atoms with Gasteiger partial charge in [0.2, 0.25) is 23.4 Å². The number of hydrogen-bond donors (Lipinski definition) is 2. The highest BCUT2D eigenvalue weighted by Gasteiger charge is 2.47. The van der Waals surface area contributed by atoms with Gasteiger partial charge in [-0.15, -0.1) is 0 Å². The zero-order chi connectivity index (χ0) is 40.8. The van der Waals surface area contributed by atoms with E-state index in [2.05, 4.69) is 35.1 Å². The van der Waals surface area contributed by atoms with Gasteiger partial charge in [-0.2, -0.15) is 0 Å². The van der Waals surface area contributed by atoms with Crippen molar-refractivity contribution < 1.29 is 24.0 Å².